The minimum absolute atomic E-state index is 0.0374. The second kappa shape index (κ2) is 3.61. The van der Waals surface area contributed by atoms with E-state index in [9.17, 15) is 0 Å². The highest BCUT2D eigenvalue weighted by Gasteiger charge is 2.30. The van der Waals surface area contributed by atoms with Crippen LogP contribution < -0.4 is 5.59 Å². The van der Waals surface area contributed by atoms with E-state index in [4.69, 9.17) is 10.2 Å². The highest BCUT2D eigenvalue weighted by atomic mass is 16.7. The molecule has 13 heavy (non-hydrogen) atoms. The fraction of sp³-hybridized carbons (Fsp3) is 0.875. The van der Waals surface area contributed by atoms with Crippen LogP contribution in [0.2, 0.25) is 0 Å². The van der Waals surface area contributed by atoms with Gasteiger partial charge in [-0.1, -0.05) is 12.5 Å². The molecule has 1 saturated heterocycles. The fourth-order valence-electron chi connectivity index (χ4n) is 1.45. The van der Waals surface area contributed by atoms with Gasteiger partial charge in [0.1, 0.15) is 6.54 Å². The van der Waals surface area contributed by atoms with E-state index >= 15 is 0 Å². The quantitative estimate of drug-likeness (QED) is 0.668. The summed E-state index contributed by atoms with van der Waals surface area (Å²) in [5.41, 5.74) is 2.74. The third kappa shape index (κ3) is 2.40. The van der Waals surface area contributed by atoms with Gasteiger partial charge in [-0.3, -0.25) is 5.41 Å². The molecule has 0 atom stereocenters. The number of hydrogen-bond donors (Lipinski definition) is 2. The van der Waals surface area contributed by atoms with Gasteiger partial charge in [-0.15, -0.1) is 5.12 Å². The summed E-state index contributed by atoms with van der Waals surface area (Å²) in [5, 5.41) is 11.2. The van der Waals surface area contributed by atoms with Crippen molar-refractivity contribution in [2.24, 2.45) is 0 Å². The Hall–Kier alpha value is -0.650. The lowest BCUT2D eigenvalue weighted by Gasteiger charge is -2.38. The molecule has 5 nitrogen and oxygen atoms in total. The fourth-order valence-corrected chi connectivity index (χ4v) is 1.45. The molecule has 1 heterocycles. The molecular weight excluding hydrogens is 168 g/mol. The summed E-state index contributed by atoms with van der Waals surface area (Å²) in [6.45, 7) is 9.83. The van der Waals surface area contributed by atoms with Crippen LogP contribution in [0.1, 0.15) is 27.7 Å². The van der Waals surface area contributed by atoms with Gasteiger partial charge in [0.05, 0.1) is 0 Å². The lowest BCUT2D eigenvalue weighted by molar-refractivity contribution is -0.151. The maximum Gasteiger partial charge on any atom is 0.225 e. The first kappa shape index (κ1) is 10.4. The molecule has 0 amide bonds. The first-order valence-electron chi connectivity index (χ1n) is 4.50. The summed E-state index contributed by atoms with van der Waals surface area (Å²) in [4.78, 5) is 4.86. The van der Waals surface area contributed by atoms with Crippen molar-refractivity contribution in [3.63, 3.8) is 0 Å². The Balaban J connectivity index is 2.62. The molecule has 0 aromatic heterocycles. The van der Waals surface area contributed by atoms with Gasteiger partial charge in [-0.05, 0) is 20.8 Å². The second-order valence-corrected chi connectivity index (χ2v) is 4.06. The summed E-state index contributed by atoms with van der Waals surface area (Å²) >= 11 is 0. The number of nitrogens with zero attached hydrogens (tertiary/aromatic N) is 2. The Morgan fingerprint density at radius 3 is 2.54 bits per heavy atom. The zero-order valence-electron chi connectivity index (χ0n) is 8.72. The molecule has 0 aliphatic carbocycles. The van der Waals surface area contributed by atoms with Crippen molar-refractivity contribution in [3.05, 3.63) is 0 Å². The Bertz CT molecular complexity index is 199. The molecule has 1 rings (SSSR count). The van der Waals surface area contributed by atoms with Crippen molar-refractivity contribution < 1.29 is 4.84 Å². The van der Waals surface area contributed by atoms with Crippen molar-refractivity contribution in [1.82, 2.24) is 15.7 Å². The molecule has 76 valence electrons. The van der Waals surface area contributed by atoms with E-state index in [1.165, 1.54) is 0 Å². The third-order valence-electron chi connectivity index (χ3n) is 1.93. The van der Waals surface area contributed by atoms with Gasteiger partial charge in [-0.25, -0.2) is 5.01 Å². The minimum Gasteiger partial charge on any atom is -0.376 e. The maximum absolute atomic E-state index is 7.30. The van der Waals surface area contributed by atoms with Crippen LogP contribution in [0.3, 0.4) is 0 Å². The lowest BCUT2D eigenvalue weighted by Crippen LogP contribution is -2.55. The van der Waals surface area contributed by atoms with Crippen LogP contribution in [0.15, 0.2) is 0 Å². The van der Waals surface area contributed by atoms with Crippen molar-refractivity contribution in [3.8, 4) is 0 Å². The standard InChI is InChI=1S/C8H18N4O/c1-5-11(8(2,3)4)12-6-7(9)13-10-12/h9-10H,5-6H2,1-4H3. The predicted molar refractivity (Wildman–Crippen MR) is 50.8 cm³/mol. The van der Waals surface area contributed by atoms with E-state index in [2.05, 4.69) is 38.3 Å². The summed E-state index contributed by atoms with van der Waals surface area (Å²) in [7, 11) is 0. The first-order chi connectivity index (χ1) is 5.95. The maximum atomic E-state index is 7.30. The summed E-state index contributed by atoms with van der Waals surface area (Å²) in [5.74, 6) is 0.253. The van der Waals surface area contributed by atoms with E-state index in [1.807, 2.05) is 5.12 Å². The molecule has 0 spiro atoms. The van der Waals surface area contributed by atoms with Gasteiger partial charge in [0.2, 0.25) is 5.90 Å². The van der Waals surface area contributed by atoms with Crippen LogP contribution in [0, 0.1) is 5.41 Å². The van der Waals surface area contributed by atoms with Gasteiger partial charge in [0, 0.05) is 12.1 Å². The van der Waals surface area contributed by atoms with Gasteiger partial charge in [-0.2, -0.15) is 0 Å². The molecule has 0 radical (unpaired) electrons. The molecule has 1 fully saturated rings. The molecule has 0 saturated carbocycles. The Labute approximate surface area is 79.1 Å². The Morgan fingerprint density at radius 2 is 2.23 bits per heavy atom. The average molecular weight is 186 g/mol. The van der Waals surface area contributed by atoms with E-state index in [0.29, 0.717) is 6.54 Å². The van der Waals surface area contributed by atoms with Crippen molar-refractivity contribution in [2.45, 2.75) is 33.2 Å². The van der Waals surface area contributed by atoms with Gasteiger partial charge >= 0.3 is 0 Å². The molecule has 0 bridgehead atoms. The summed E-state index contributed by atoms with van der Waals surface area (Å²) in [6.07, 6.45) is 0. The van der Waals surface area contributed by atoms with Crippen LogP contribution in [-0.4, -0.2) is 34.7 Å². The summed E-state index contributed by atoms with van der Waals surface area (Å²) < 4.78 is 0. The van der Waals surface area contributed by atoms with Crippen LogP contribution in [0.25, 0.3) is 0 Å². The zero-order valence-corrected chi connectivity index (χ0v) is 8.72. The number of hydrogen-bond acceptors (Lipinski definition) is 5. The molecule has 2 N–H and O–H groups in total. The lowest BCUT2D eigenvalue weighted by atomic mass is 10.1. The first-order valence-corrected chi connectivity index (χ1v) is 4.50. The van der Waals surface area contributed by atoms with Crippen LogP contribution >= 0.6 is 0 Å². The number of rotatable bonds is 2. The Kier molecular flexibility index (Phi) is 2.90. The monoisotopic (exact) mass is 186 g/mol. The largest absolute Gasteiger partial charge is 0.376 e. The topological polar surface area (TPSA) is 51.6 Å². The molecule has 1 aliphatic heterocycles. The van der Waals surface area contributed by atoms with E-state index in [-0.39, 0.29) is 11.4 Å². The normalized spacial score (nSPS) is 19.6. The van der Waals surface area contributed by atoms with Crippen molar-refractivity contribution >= 4 is 5.90 Å². The Morgan fingerprint density at radius 1 is 1.62 bits per heavy atom. The highest BCUT2D eigenvalue weighted by Crippen LogP contribution is 2.16. The summed E-state index contributed by atoms with van der Waals surface area (Å²) in [6, 6.07) is 0. The average Bonchev–Trinajstić information content (AvgIpc) is 2.34. The second-order valence-electron chi connectivity index (χ2n) is 4.06. The smallest absolute Gasteiger partial charge is 0.225 e. The molecule has 0 unspecified atom stereocenters. The van der Waals surface area contributed by atoms with Gasteiger partial charge < -0.3 is 4.84 Å². The van der Waals surface area contributed by atoms with Crippen LogP contribution in [0.4, 0.5) is 0 Å². The number of nitrogens with one attached hydrogen (secondary N) is 2. The molecular formula is C8H18N4O. The van der Waals surface area contributed by atoms with E-state index in [1.54, 1.807) is 0 Å². The minimum atomic E-state index is 0.0374. The van der Waals surface area contributed by atoms with Gasteiger partial charge in [0.25, 0.3) is 0 Å². The van der Waals surface area contributed by atoms with Crippen molar-refractivity contribution in [2.75, 3.05) is 13.1 Å². The molecule has 0 aromatic rings. The van der Waals surface area contributed by atoms with Gasteiger partial charge in [0.15, 0.2) is 0 Å². The SMILES string of the molecule is CCN(N1CC(=N)ON1)C(C)(C)C. The van der Waals surface area contributed by atoms with Crippen LogP contribution in [0.5, 0.6) is 0 Å². The van der Waals surface area contributed by atoms with Crippen molar-refractivity contribution in [1.29, 1.82) is 5.41 Å². The van der Waals surface area contributed by atoms with E-state index in [0.717, 1.165) is 6.54 Å². The van der Waals surface area contributed by atoms with E-state index < -0.39 is 0 Å². The zero-order chi connectivity index (χ0) is 10.1. The molecule has 1 aliphatic rings. The third-order valence-corrected chi connectivity index (χ3v) is 1.93. The van der Waals surface area contributed by atoms with Crippen LogP contribution in [-0.2, 0) is 4.84 Å². The highest BCUT2D eigenvalue weighted by molar-refractivity contribution is 5.75. The molecule has 0 aromatic carbocycles. The predicted octanol–water partition coefficient (Wildman–Crippen LogP) is 0.751. The molecule has 5 heteroatoms. The number of hydrazine groups is 2.